The van der Waals surface area contributed by atoms with Crippen molar-refractivity contribution >= 4 is 22.4 Å². The van der Waals surface area contributed by atoms with Gasteiger partial charge in [-0.05, 0) is 13.0 Å². The molecule has 8 heteroatoms. The number of hydrogen-bond acceptors (Lipinski definition) is 6. The Morgan fingerprint density at radius 2 is 2.33 bits per heavy atom. The van der Waals surface area contributed by atoms with Gasteiger partial charge in [0.25, 0.3) is 5.91 Å². The SMILES string of the molecule is CNc1nc(CN2CCN(C(=O)c3cc[nH]c3C)C[C@H](O)C2)cs1. The van der Waals surface area contributed by atoms with Crippen LogP contribution in [0, 0.1) is 6.92 Å². The van der Waals surface area contributed by atoms with Crippen molar-refractivity contribution in [3.63, 3.8) is 0 Å². The van der Waals surface area contributed by atoms with Crippen LogP contribution in [0.25, 0.3) is 0 Å². The Balaban J connectivity index is 1.64. The summed E-state index contributed by atoms with van der Waals surface area (Å²) in [5.41, 5.74) is 2.52. The van der Waals surface area contributed by atoms with Crippen molar-refractivity contribution in [2.24, 2.45) is 0 Å². The molecule has 2 aromatic heterocycles. The Labute approximate surface area is 145 Å². The molecule has 7 nitrogen and oxygen atoms in total. The third kappa shape index (κ3) is 3.77. The molecule has 1 aliphatic heterocycles. The number of aliphatic hydroxyl groups is 1. The van der Waals surface area contributed by atoms with E-state index >= 15 is 0 Å². The average molecular weight is 349 g/mol. The van der Waals surface area contributed by atoms with Gasteiger partial charge in [0.2, 0.25) is 0 Å². The van der Waals surface area contributed by atoms with Gasteiger partial charge in [-0.3, -0.25) is 9.69 Å². The second-order valence-corrected chi connectivity index (χ2v) is 6.91. The highest BCUT2D eigenvalue weighted by Crippen LogP contribution is 2.18. The van der Waals surface area contributed by atoms with Gasteiger partial charge < -0.3 is 20.3 Å². The Kier molecular flexibility index (Phi) is 5.17. The van der Waals surface area contributed by atoms with Gasteiger partial charge in [0.1, 0.15) is 0 Å². The van der Waals surface area contributed by atoms with Gasteiger partial charge in [-0.1, -0.05) is 0 Å². The normalized spacial score (nSPS) is 19.3. The van der Waals surface area contributed by atoms with Gasteiger partial charge in [-0.25, -0.2) is 4.98 Å². The van der Waals surface area contributed by atoms with Crippen LogP contribution in [-0.4, -0.2) is 70.1 Å². The minimum absolute atomic E-state index is 0.0271. The summed E-state index contributed by atoms with van der Waals surface area (Å²) in [6.07, 6.45) is 1.21. The Morgan fingerprint density at radius 1 is 1.50 bits per heavy atom. The lowest BCUT2D eigenvalue weighted by molar-refractivity contribution is 0.0662. The lowest BCUT2D eigenvalue weighted by Crippen LogP contribution is -2.37. The van der Waals surface area contributed by atoms with E-state index in [9.17, 15) is 9.90 Å². The van der Waals surface area contributed by atoms with Crippen molar-refractivity contribution in [3.8, 4) is 0 Å². The van der Waals surface area contributed by atoms with E-state index in [1.54, 1.807) is 28.5 Å². The third-order valence-electron chi connectivity index (χ3n) is 4.21. The number of anilines is 1. The number of rotatable bonds is 4. The first-order valence-electron chi connectivity index (χ1n) is 8.02. The number of nitrogens with one attached hydrogen (secondary N) is 2. The van der Waals surface area contributed by atoms with Crippen LogP contribution in [0.5, 0.6) is 0 Å². The van der Waals surface area contributed by atoms with Crippen molar-refractivity contribution in [1.82, 2.24) is 19.8 Å². The highest BCUT2D eigenvalue weighted by atomic mass is 32.1. The average Bonchev–Trinajstić information content (AvgIpc) is 3.14. The molecule has 3 N–H and O–H groups in total. The number of hydrogen-bond donors (Lipinski definition) is 3. The second-order valence-electron chi connectivity index (χ2n) is 6.05. The van der Waals surface area contributed by atoms with E-state index in [0.717, 1.165) is 23.1 Å². The molecule has 0 unspecified atom stereocenters. The fourth-order valence-corrected chi connectivity index (χ4v) is 3.62. The first-order valence-corrected chi connectivity index (χ1v) is 8.90. The minimum Gasteiger partial charge on any atom is -0.390 e. The number of carbonyl (C=O) groups is 1. The summed E-state index contributed by atoms with van der Waals surface area (Å²) in [5, 5.41) is 16.2. The van der Waals surface area contributed by atoms with Gasteiger partial charge in [0, 0.05) is 57.0 Å². The van der Waals surface area contributed by atoms with Gasteiger partial charge in [0.05, 0.1) is 17.4 Å². The van der Waals surface area contributed by atoms with Gasteiger partial charge >= 0.3 is 0 Å². The summed E-state index contributed by atoms with van der Waals surface area (Å²) in [6, 6.07) is 1.79. The zero-order valence-corrected chi connectivity index (χ0v) is 14.8. The molecule has 1 aliphatic rings. The largest absolute Gasteiger partial charge is 0.390 e. The lowest BCUT2D eigenvalue weighted by atomic mass is 10.2. The number of thiazole rings is 1. The lowest BCUT2D eigenvalue weighted by Gasteiger charge is -2.21. The Morgan fingerprint density at radius 3 is 3.00 bits per heavy atom. The molecule has 0 aliphatic carbocycles. The second kappa shape index (κ2) is 7.33. The zero-order valence-electron chi connectivity index (χ0n) is 14.0. The first kappa shape index (κ1) is 16.9. The van der Waals surface area contributed by atoms with E-state index < -0.39 is 6.10 Å². The van der Waals surface area contributed by atoms with Crippen molar-refractivity contribution in [2.75, 3.05) is 38.5 Å². The van der Waals surface area contributed by atoms with Crippen molar-refractivity contribution in [3.05, 3.63) is 34.6 Å². The summed E-state index contributed by atoms with van der Waals surface area (Å²) in [7, 11) is 1.85. The zero-order chi connectivity index (χ0) is 17.1. The molecule has 0 spiro atoms. The maximum atomic E-state index is 12.6. The quantitative estimate of drug-likeness (QED) is 0.771. The molecule has 1 atom stereocenters. The molecule has 0 radical (unpaired) electrons. The van der Waals surface area contributed by atoms with E-state index in [0.29, 0.717) is 31.7 Å². The van der Waals surface area contributed by atoms with E-state index in [2.05, 4.69) is 20.2 Å². The molecular formula is C16H23N5O2S. The van der Waals surface area contributed by atoms with E-state index in [1.807, 2.05) is 19.4 Å². The van der Waals surface area contributed by atoms with Gasteiger partial charge in [-0.2, -0.15) is 0 Å². The maximum absolute atomic E-state index is 12.6. The monoisotopic (exact) mass is 349 g/mol. The fourth-order valence-electron chi connectivity index (χ4n) is 2.96. The Bertz CT molecular complexity index is 698. The number of H-pyrrole nitrogens is 1. The maximum Gasteiger partial charge on any atom is 0.255 e. The molecule has 1 amide bonds. The number of nitrogens with zero attached hydrogens (tertiary/aromatic N) is 3. The third-order valence-corrected chi connectivity index (χ3v) is 5.12. The molecule has 0 saturated carbocycles. The molecule has 1 fully saturated rings. The number of carbonyl (C=O) groups excluding carboxylic acids is 1. The summed E-state index contributed by atoms with van der Waals surface area (Å²) < 4.78 is 0. The van der Waals surface area contributed by atoms with Crippen LogP contribution >= 0.6 is 11.3 Å². The first-order chi connectivity index (χ1) is 11.6. The van der Waals surface area contributed by atoms with Crippen LogP contribution in [-0.2, 0) is 6.54 Å². The molecule has 3 heterocycles. The van der Waals surface area contributed by atoms with Crippen LogP contribution in [0.2, 0.25) is 0 Å². The van der Waals surface area contributed by atoms with E-state index in [1.165, 1.54) is 0 Å². The molecule has 0 bridgehead atoms. The van der Waals surface area contributed by atoms with E-state index in [-0.39, 0.29) is 5.91 Å². The standard InChI is InChI=1S/C16H23N5O2S/c1-11-14(3-4-18-11)15(23)21-6-5-20(8-13(22)9-21)7-12-10-24-16(17-2)19-12/h3-4,10,13,18,22H,5-9H2,1-2H3,(H,17,19)/t13-/m1/s1. The summed E-state index contributed by atoms with van der Waals surface area (Å²) >= 11 is 1.57. The number of β-amino-alcohol motifs (C(OH)–C–C–N with tert-alkyl or cyclic N) is 1. The molecule has 1 saturated heterocycles. The Hall–Kier alpha value is -1.90. The molecule has 2 aromatic rings. The molecule has 3 rings (SSSR count). The molecule has 0 aromatic carbocycles. The molecule has 24 heavy (non-hydrogen) atoms. The number of aromatic amines is 1. The highest BCUT2D eigenvalue weighted by Gasteiger charge is 2.26. The van der Waals surface area contributed by atoms with Crippen molar-refractivity contribution in [2.45, 2.75) is 19.6 Å². The topological polar surface area (TPSA) is 84.5 Å². The minimum atomic E-state index is -0.557. The smallest absolute Gasteiger partial charge is 0.255 e. The van der Waals surface area contributed by atoms with Crippen LogP contribution < -0.4 is 5.32 Å². The van der Waals surface area contributed by atoms with Crippen molar-refractivity contribution in [1.29, 1.82) is 0 Å². The summed E-state index contributed by atoms with van der Waals surface area (Å²) in [4.78, 5) is 24.0. The fraction of sp³-hybridized carbons (Fsp3) is 0.500. The number of aliphatic hydroxyl groups excluding tert-OH is 1. The predicted octanol–water partition coefficient (Wildman–Crippen LogP) is 1.14. The van der Waals surface area contributed by atoms with Crippen LogP contribution in [0.1, 0.15) is 21.7 Å². The summed E-state index contributed by atoms with van der Waals surface area (Å²) in [6.45, 7) is 4.79. The summed E-state index contributed by atoms with van der Waals surface area (Å²) in [5.74, 6) is -0.0271. The predicted molar refractivity (Wildman–Crippen MR) is 94.4 cm³/mol. The van der Waals surface area contributed by atoms with Crippen molar-refractivity contribution < 1.29 is 9.90 Å². The molecule has 130 valence electrons. The van der Waals surface area contributed by atoms with Crippen LogP contribution in [0.4, 0.5) is 5.13 Å². The van der Waals surface area contributed by atoms with Gasteiger partial charge in [-0.15, -0.1) is 11.3 Å². The number of amides is 1. The van der Waals surface area contributed by atoms with Gasteiger partial charge in [0.15, 0.2) is 5.13 Å². The molecular weight excluding hydrogens is 326 g/mol. The highest BCUT2D eigenvalue weighted by molar-refractivity contribution is 7.13. The van der Waals surface area contributed by atoms with Crippen LogP contribution in [0.15, 0.2) is 17.6 Å². The van der Waals surface area contributed by atoms with Crippen LogP contribution in [0.3, 0.4) is 0 Å². The van der Waals surface area contributed by atoms with E-state index in [4.69, 9.17) is 0 Å². The number of aryl methyl sites for hydroxylation is 1. The number of aromatic nitrogens is 2.